The molecule has 1 atom stereocenters. The van der Waals surface area contributed by atoms with Crippen LogP contribution in [0.25, 0.3) is 0 Å². The number of hydrogen-bond donors (Lipinski definition) is 2. The van der Waals surface area contributed by atoms with Crippen LogP contribution in [0.3, 0.4) is 0 Å². The lowest BCUT2D eigenvalue weighted by molar-refractivity contribution is -0.141. The number of rotatable bonds is 7. The van der Waals surface area contributed by atoms with Crippen molar-refractivity contribution < 1.29 is 19.1 Å². The van der Waals surface area contributed by atoms with Crippen LogP contribution in [0, 0.1) is 6.92 Å². The Morgan fingerprint density at radius 3 is 2.56 bits per heavy atom. The zero-order valence-corrected chi connectivity index (χ0v) is 22.0. The maximum atomic E-state index is 13.1. The number of benzene rings is 2. The van der Waals surface area contributed by atoms with Gasteiger partial charge >= 0.3 is 12.0 Å². The molecule has 0 spiro atoms. The minimum Gasteiger partial charge on any atom is -0.460 e. The van der Waals surface area contributed by atoms with E-state index in [1.165, 1.54) is 0 Å². The van der Waals surface area contributed by atoms with Crippen molar-refractivity contribution in [1.82, 2.24) is 4.90 Å². The molecule has 4 rings (SSSR count). The number of nitrogens with zero attached hydrogens (tertiary/aromatic N) is 2. The molecule has 1 saturated heterocycles. The number of carbonyl (C=O) groups excluding carboxylic acids is 2. The lowest BCUT2D eigenvalue weighted by Crippen LogP contribution is -2.42. The predicted octanol–water partition coefficient (Wildman–Crippen LogP) is 5.61. The second kappa shape index (κ2) is 11.8. The van der Waals surface area contributed by atoms with Gasteiger partial charge in [-0.15, -0.1) is 0 Å². The van der Waals surface area contributed by atoms with E-state index in [2.05, 4.69) is 15.5 Å². The van der Waals surface area contributed by atoms with Gasteiger partial charge in [0.2, 0.25) is 0 Å². The van der Waals surface area contributed by atoms with Crippen molar-refractivity contribution in [2.45, 2.75) is 26.3 Å². The molecule has 2 aromatic rings. The molecule has 2 heterocycles. The number of aryl methyl sites for hydroxylation is 1. The third-order valence-corrected chi connectivity index (χ3v) is 7.40. The fourth-order valence-electron chi connectivity index (χ4n) is 4.08. The van der Waals surface area contributed by atoms with E-state index in [4.69, 9.17) is 26.1 Å². The van der Waals surface area contributed by atoms with Gasteiger partial charge in [0, 0.05) is 35.8 Å². The van der Waals surface area contributed by atoms with Gasteiger partial charge < -0.3 is 25.0 Å². The molecule has 0 radical (unpaired) electrons. The van der Waals surface area contributed by atoms with E-state index in [-0.39, 0.29) is 18.7 Å². The Labute approximate surface area is 220 Å². The van der Waals surface area contributed by atoms with Gasteiger partial charge in [0.1, 0.15) is 6.61 Å². The standard InChI is InChI=1S/C26H29ClN4O4S/c1-16-5-8-20(15-21(16)27)30-25(33)29-19-9-6-18(7-10-19)23-22(24(32)35-13-12-34-3)17(2)28-26-31(23)11-4-14-36-26/h5-10,15,23H,4,11-14H2,1-3H3,(H2,29,30,33). The van der Waals surface area contributed by atoms with Gasteiger partial charge in [0.25, 0.3) is 0 Å². The van der Waals surface area contributed by atoms with Crippen molar-refractivity contribution in [2.24, 2.45) is 4.99 Å². The second-order valence-corrected chi connectivity index (χ2v) is 9.95. The van der Waals surface area contributed by atoms with Crippen LogP contribution in [-0.2, 0) is 14.3 Å². The third-order valence-electron chi connectivity index (χ3n) is 5.91. The predicted molar refractivity (Wildman–Crippen MR) is 145 cm³/mol. The number of anilines is 2. The smallest absolute Gasteiger partial charge is 0.338 e. The average molecular weight is 529 g/mol. The first-order chi connectivity index (χ1) is 17.4. The number of esters is 1. The number of methoxy groups -OCH3 is 1. The highest BCUT2D eigenvalue weighted by atomic mass is 35.5. The summed E-state index contributed by atoms with van der Waals surface area (Å²) in [4.78, 5) is 32.4. The average Bonchev–Trinajstić information content (AvgIpc) is 2.86. The number of ether oxygens (including phenoxy) is 2. The van der Waals surface area contributed by atoms with E-state index in [9.17, 15) is 9.59 Å². The summed E-state index contributed by atoms with van der Waals surface area (Å²) < 4.78 is 10.5. The third kappa shape index (κ3) is 6.03. The first kappa shape index (κ1) is 26.1. The van der Waals surface area contributed by atoms with Crippen LogP contribution in [0.2, 0.25) is 5.02 Å². The molecule has 1 unspecified atom stereocenters. The topological polar surface area (TPSA) is 92.3 Å². The summed E-state index contributed by atoms with van der Waals surface area (Å²) >= 11 is 7.84. The number of urea groups is 1. The van der Waals surface area contributed by atoms with Crippen molar-refractivity contribution in [1.29, 1.82) is 0 Å². The van der Waals surface area contributed by atoms with Crippen LogP contribution in [0.5, 0.6) is 0 Å². The molecule has 190 valence electrons. The van der Waals surface area contributed by atoms with Crippen LogP contribution in [0.1, 0.15) is 30.5 Å². The Balaban J connectivity index is 1.52. The Morgan fingerprint density at radius 2 is 1.83 bits per heavy atom. The number of hydrogen-bond acceptors (Lipinski definition) is 7. The number of nitrogens with one attached hydrogen (secondary N) is 2. The Bertz CT molecular complexity index is 1200. The van der Waals surface area contributed by atoms with Crippen LogP contribution >= 0.6 is 23.4 Å². The first-order valence-electron chi connectivity index (χ1n) is 11.7. The monoisotopic (exact) mass is 528 g/mol. The molecule has 10 heteroatoms. The molecule has 0 aliphatic carbocycles. The van der Waals surface area contributed by atoms with Gasteiger partial charge in [0.15, 0.2) is 5.17 Å². The SMILES string of the molecule is COCCOC(=O)C1=C(C)N=C2SCCCN2C1c1ccc(NC(=O)Nc2ccc(C)c(Cl)c2)cc1. The van der Waals surface area contributed by atoms with Crippen LogP contribution in [0.4, 0.5) is 16.2 Å². The molecule has 2 aromatic carbocycles. The van der Waals surface area contributed by atoms with Crippen LogP contribution in [-0.4, -0.2) is 54.7 Å². The maximum absolute atomic E-state index is 13.1. The number of thioether (sulfide) groups is 1. The molecule has 2 aliphatic rings. The van der Waals surface area contributed by atoms with Gasteiger partial charge in [-0.25, -0.2) is 14.6 Å². The summed E-state index contributed by atoms with van der Waals surface area (Å²) in [6, 6.07) is 12.1. The lowest BCUT2D eigenvalue weighted by atomic mass is 9.94. The largest absolute Gasteiger partial charge is 0.460 e. The number of amides is 2. The van der Waals surface area contributed by atoms with Crippen molar-refractivity contribution in [3.8, 4) is 0 Å². The van der Waals surface area contributed by atoms with Gasteiger partial charge in [0.05, 0.1) is 23.9 Å². The van der Waals surface area contributed by atoms with E-state index in [0.717, 1.165) is 35.0 Å². The van der Waals surface area contributed by atoms with Gasteiger partial charge in [-0.2, -0.15) is 0 Å². The molecule has 2 aliphatic heterocycles. The minimum absolute atomic E-state index is 0.175. The van der Waals surface area contributed by atoms with E-state index >= 15 is 0 Å². The molecule has 0 aromatic heterocycles. The van der Waals surface area contributed by atoms with Crippen molar-refractivity contribution in [2.75, 3.05) is 43.3 Å². The number of aliphatic imine (C=N–C) groups is 1. The molecule has 0 saturated carbocycles. The zero-order chi connectivity index (χ0) is 25.7. The summed E-state index contributed by atoms with van der Waals surface area (Å²) in [7, 11) is 1.56. The molecule has 2 N–H and O–H groups in total. The molecule has 0 bridgehead atoms. The molecular formula is C26H29ClN4O4S. The van der Waals surface area contributed by atoms with Crippen molar-refractivity contribution >= 4 is 51.9 Å². The maximum Gasteiger partial charge on any atom is 0.338 e. The Kier molecular flexibility index (Phi) is 8.56. The van der Waals surface area contributed by atoms with Crippen molar-refractivity contribution in [3.05, 3.63) is 69.9 Å². The number of fused-ring (bicyclic) bond motifs is 1. The summed E-state index contributed by atoms with van der Waals surface area (Å²) in [6.07, 6.45) is 0.994. The van der Waals surface area contributed by atoms with Gasteiger partial charge in [-0.1, -0.05) is 41.6 Å². The molecule has 1 fully saturated rings. The van der Waals surface area contributed by atoms with E-state index < -0.39 is 5.97 Å². The zero-order valence-electron chi connectivity index (χ0n) is 20.5. The van der Waals surface area contributed by atoms with E-state index in [1.54, 1.807) is 31.0 Å². The van der Waals surface area contributed by atoms with Gasteiger partial charge in [-0.05, 0) is 55.7 Å². The first-order valence-corrected chi connectivity index (χ1v) is 13.0. The summed E-state index contributed by atoms with van der Waals surface area (Å²) in [5.41, 5.74) is 4.26. The van der Waals surface area contributed by atoms with Crippen LogP contribution in [0.15, 0.2) is 58.7 Å². The molecular weight excluding hydrogens is 500 g/mol. The quantitative estimate of drug-likeness (QED) is 0.358. The summed E-state index contributed by atoms with van der Waals surface area (Å²) in [6.45, 7) is 5.04. The van der Waals surface area contributed by atoms with Gasteiger partial charge in [-0.3, -0.25) is 0 Å². The van der Waals surface area contributed by atoms with E-state index in [1.807, 2.05) is 44.2 Å². The fourth-order valence-corrected chi connectivity index (χ4v) is 5.29. The highest BCUT2D eigenvalue weighted by Gasteiger charge is 2.37. The van der Waals surface area contributed by atoms with Crippen LogP contribution < -0.4 is 10.6 Å². The summed E-state index contributed by atoms with van der Waals surface area (Å²) in [5, 5.41) is 7.12. The number of halogens is 1. The van der Waals surface area contributed by atoms with E-state index in [0.29, 0.717) is 34.3 Å². The highest BCUT2D eigenvalue weighted by Crippen LogP contribution is 2.40. The Morgan fingerprint density at radius 1 is 1.11 bits per heavy atom. The molecule has 2 amide bonds. The minimum atomic E-state index is -0.397. The second-order valence-electron chi connectivity index (χ2n) is 8.49. The summed E-state index contributed by atoms with van der Waals surface area (Å²) in [5.74, 6) is 0.596. The fraction of sp³-hybridized carbons (Fsp3) is 0.346. The highest BCUT2D eigenvalue weighted by molar-refractivity contribution is 8.13. The van der Waals surface area contributed by atoms with Crippen molar-refractivity contribution in [3.63, 3.8) is 0 Å². The normalized spacial score (nSPS) is 17.3. The number of amidine groups is 1. The number of carbonyl (C=O) groups is 2. The molecule has 8 nitrogen and oxygen atoms in total. The Hall–Kier alpha value is -3.01. The number of allylic oxidation sites excluding steroid dienone is 1. The lowest BCUT2D eigenvalue weighted by Gasteiger charge is -2.40. The molecule has 36 heavy (non-hydrogen) atoms.